The Morgan fingerprint density at radius 1 is 0.808 bits per heavy atom. The second-order valence-corrected chi connectivity index (χ2v) is 6.59. The van der Waals surface area contributed by atoms with Gasteiger partial charge in [-0.1, -0.05) is 36.4 Å². The Balaban J connectivity index is 1.72. The molecule has 0 amide bonds. The van der Waals surface area contributed by atoms with Gasteiger partial charge in [0.15, 0.2) is 0 Å². The van der Waals surface area contributed by atoms with Gasteiger partial charge >= 0.3 is 0 Å². The number of benzene rings is 2. The summed E-state index contributed by atoms with van der Waals surface area (Å²) in [6.45, 7) is 2.08. The van der Waals surface area contributed by atoms with Crippen molar-refractivity contribution in [2.24, 2.45) is 0 Å². The van der Waals surface area contributed by atoms with Crippen molar-refractivity contribution >= 4 is 16.7 Å². The smallest absolute Gasteiger partial charge is 0.253 e. The van der Waals surface area contributed by atoms with E-state index in [-0.39, 0.29) is 0 Å². The molecule has 2 aromatic carbocycles. The first-order chi connectivity index (χ1) is 12.9. The van der Waals surface area contributed by atoms with Gasteiger partial charge in [0.05, 0.1) is 5.52 Å². The molecule has 1 fully saturated rings. The SMILES string of the molecule is c1ccc(-c2ccc3nc(-n4cccn4)nc(N4CCCC4)c3c2)cc1. The first-order valence-electron chi connectivity index (χ1n) is 9.01. The number of aromatic nitrogens is 4. The Labute approximate surface area is 151 Å². The normalized spacial score (nSPS) is 14.2. The van der Waals surface area contributed by atoms with Crippen LogP contribution in [-0.2, 0) is 0 Å². The lowest BCUT2D eigenvalue weighted by Gasteiger charge is -2.19. The zero-order valence-electron chi connectivity index (χ0n) is 14.4. The summed E-state index contributed by atoms with van der Waals surface area (Å²) in [4.78, 5) is 12.0. The largest absolute Gasteiger partial charge is 0.356 e. The predicted molar refractivity (Wildman–Crippen MR) is 104 cm³/mol. The van der Waals surface area contributed by atoms with E-state index in [2.05, 4.69) is 52.5 Å². The molecular formula is C21H19N5. The maximum atomic E-state index is 4.88. The van der Waals surface area contributed by atoms with Gasteiger partial charge in [-0.2, -0.15) is 10.1 Å². The summed E-state index contributed by atoms with van der Waals surface area (Å²) in [6.07, 6.45) is 6.05. The van der Waals surface area contributed by atoms with E-state index in [0.717, 1.165) is 29.8 Å². The highest BCUT2D eigenvalue weighted by atomic mass is 15.4. The van der Waals surface area contributed by atoms with Crippen LogP contribution in [-0.4, -0.2) is 32.8 Å². The van der Waals surface area contributed by atoms with Crippen LogP contribution in [0.2, 0.25) is 0 Å². The Morgan fingerprint density at radius 2 is 1.65 bits per heavy atom. The number of rotatable bonds is 3. The molecular weight excluding hydrogens is 322 g/mol. The van der Waals surface area contributed by atoms with Crippen molar-refractivity contribution in [1.82, 2.24) is 19.7 Å². The van der Waals surface area contributed by atoms with Crippen molar-refractivity contribution in [3.63, 3.8) is 0 Å². The molecule has 1 saturated heterocycles. The number of nitrogens with zero attached hydrogens (tertiary/aromatic N) is 5. The van der Waals surface area contributed by atoms with E-state index in [0.29, 0.717) is 5.95 Å². The van der Waals surface area contributed by atoms with Crippen LogP contribution in [0.4, 0.5) is 5.82 Å². The number of hydrogen-bond donors (Lipinski definition) is 0. The maximum absolute atomic E-state index is 4.88. The third kappa shape index (κ3) is 2.62. The van der Waals surface area contributed by atoms with Crippen LogP contribution in [0.3, 0.4) is 0 Å². The van der Waals surface area contributed by atoms with Crippen molar-refractivity contribution < 1.29 is 0 Å². The standard InChI is InChI=1S/C21H19N5/c1-2-7-16(8-3-1)17-9-10-19-18(15-17)20(25-12-4-5-13-25)24-21(23-19)26-14-6-11-22-26/h1-3,6-11,14-15H,4-5,12-13H2. The lowest BCUT2D eigenvalue weighted by atomic mass is 10.0. The van der Waals surface area contributed by atoms with E-state index in [1.807, 2.05) is 18.3 Å². The molecule has 4 aromatic rings. The van der Waals surface area contributed by atoms with Crippen LogP contribution in [0.1, 0.15) is 12.8 Å². The Morgan fingerprint density at radius 3 is 2.42 bits per heavy atom. The van der Waals surface area contributed by atoms with E-state index in [1.165, 1.54) is 24.0 Å². The lowest BCUT2D eigenvalue weighted by molar-refractivity contribution is 0.806. The maximum Gasteiger partial charge on any atom is 0.253 e. The molecule has 1 aliphatic rings. The van der Waals surface area contributed by atoms with Crippen molar-refractivity contribution in [2.75, 3.05) is 18.0 Å². The fraction of sp³-hybridized carbons (Fsp3) is 0.190. The Kier molecular flexibility index (Phi) is 3.63. The first kappa shape index (κ1) is 15.1. The second-order valence-electron chi connectivity index (χ2n) is 6.59. The molecule has 0 radical (unpaired) electrons. The third-order valence-electron chi connectivity index (χ3n) is 4.89. The Bertz CT molecular complexity index is 1030. The molecule has 1 aliphatic heterocycles. The van der Waals surface area contributed by atoms with E-state index in [4.69, 9.17) is 9.97 Å². The van der Waals surface area contributed by atoms with Crippen molar-refractivity contribution in [2.45, 2.75) is 12.8 Å². The molecule has 0 spiro atoms. The van der Waals surface area contributed by atoms with E-state index in [1.54, 1.807) is 10.9 Å². The van der Waals surface area contributed by atoms with Crippen molar-refractivity contribution in [1.29, 1.82) is 0 Å². The molecule has 128 valence electrons. The minimum Gasteiger partial charge on any atom is -0.356 e. The summed E-state index contributed by atoms with van der Waals surface area (Å²) in [5, 5.41) is 5.40. The summed E-state index contributed by atoms with van der Waals surface area (Å²) in [5.74, 6) is 1.63. The van der Waals surface area contributed by atoms with Gasteiger partial charge in [-0.25, -0.2) is 9.67 Å². The highest BCUT2D eigenvalue weighted by Crippen LogP contribution is 2.31. The minimum atomic E-state index is 0.622. The average Bonchev–Trinajstić information content (AvgIpc) is 3.41. The molecule has 5 nitrogen and oxygen atoms in total. The summed E-state index contributed by atoms with van der Waals surface area (Å²) in [7, 11) is 0. The highest BCUT2D eigenvalue weighted by Gasteiger charge is 2.19. The van der Waals surface area contributed by atoms with E-state index >= 15 is 0 Å². The molecule has 2 aromatic heterocycles. The van der Waals surface area contributed by atoms with Gasteiger partial charge in [-0.05, 0) is 42.2 Å². The van der Waals surface area contributed by atoms with Crippen LogP contribution in [0, 0.1) is 0 Å². The molecule has 5 rings (SSSR count). The summed E-state index contributed by atoms with van der Waals surface area (Å²) in [6, 6.07) is 18.8. The fourth-order valence-electron chi connectivity index (χ4n) is 3.57. The summed E-state index contributed by atoms with van der Waals surface area (Å²) in [5.41, 5.74) is 3.35. The predicted octanol–water partition coefficient (Wildman–Crippen LogP) is 4.08. The van der Waals surface area contributed by atoms with Crippen LogP contribution in [0.15, 0.2) is 67.0 Å². The zero-order valence-corrected chi connectivity index (χ0v) is 14.4. The van der Waals surface area contributed by atoms with Gasteiger partial charge in [0.25, 0.3) is 5.95 Å². The molecule has 0 saturated carbocycles. The summed E-state index contributed by atoms with van der Waals surface area (Å²) >= 11 is 0. The topological polar surface area (TPSA) is 46.8 Å². The monoisotopic (exact) mass is 341 g/mol. The number of anilines is 1. The van der Waals surface area contributed by atoms with Crippen LogP contribution >= 0.6 is 0 Å². The second kappa shape index (κ2) is 6.26. The van der Waals surface area contributed by atoms with Gasteiger partial charge < -0.3 is 4.90 Å². The molecule has 5 heteroatoms. The third-order valence-corrected chi connectivity index (χ3v) is 4.89. The Hall–Kier alpha value is -3.21. The van der Waals surface area contributed by atoms with Crippen molar-refractivity contribution in [3.8, 4) is 17.1 Å². The highest BCUT2D eigenvalue weighted by molar-refractivity contribution is 5.93. The summed E-state index contributed by atoms with van der Waals surface area (Å²) < 4.78 is 1.73. The first-order valence-corrected chi connectivity index (χ1v) is 9.01. The number of fused-ring (bicyclic) bond motifs is 1. The molecule has 26 heavy (non-hydrogen) atoms. The zero-order chi connectivity index (χ0) is 17.3. The molecule has 0 bridgehead atoms. The van der Waals surface area contributed by atoms with Crippen LogP contribution < -0.4 is 4.90 Å². The van der Waals surface area contributed by atoms with E-state index < -0.39 is 0 Å². The van der Waals surface area contributed by atoms with Crippen LogP contribution in [0.5, 0.6) is 0 Å². The lowest BCUT2D eigenvalue weighted by Crippen LogP contribution is -2.20. The fourth-order valence-corrected chi connectivity index (χ4v) is 3.57. The van der Waals surface area contributed by atoms with Gasteiger partial charge in [0.1, 0.15) is 5.82 Å². The molecule has 0 atom stereocenters. The van der Waals surface area contributed by atoms with Gasteiger partial charge in [0, 0.05) is 30.9 Å². The van der Waals surface area contributed by atoms with E-state index in [9.17, 15) is 0 Å². The molecule has 3 heterocycles. The number of hydrogen-bond acceptors (Lipinski definition) is 4. The molecule has 0 unspecified atom stereocenters. The van der Waals surface area contributed by atoms with Gasteiger partial charge in [-0.3, -0.25) is 0 Å². The molecule has 0 aliphatic carbocycles. The molecule has 0 N–H and O–H groups in total. The van der Waals surface area contributed by atoms with Gasteiger partial charge in [0.2, 0.25) is 0 Å². The quantitative estimate of drug-likeness (QED) is 0.563. The van der Waals surface area contributed by atoms with Gasteiger partial charge in [-0.15, -0.1) is 0 Å². The van der Waals surface area contributed by atoms with Crippen LogP contribution in [0.25, 0.3) is 28.0 Å². The van der Waals surface area contributed by atoms with Crippen molar-refractivity contribution in [3.05, 3.63) is 67.0 Å². The minimum absolute atomic E-state index is 0.622. The average molecular weight is 341 g/mol.